The first-order valence-electron chi connectivity index (χ1n) is 5.95. The second kappa shape index (κ2) is 6.15. The number of nitrogens with zero attached hydrogens (tertiary/aromatic N) is 1. The molecule has 0 unspecified atom stereocenters. The lowest BCUT2D eigenvalue weighted by Gasteiger charge is -2.18. The maximum atomic E-state index is 12.7. The number of H-pyrrole nitrogens is 1. The number of fused-ring (bicyclic) bond motifs is 1. The number of aromatic amines is 1. The molecule has 0 amide bonds. The Morgan fingerprint density at radius 1 is 1.40 bits per heavy atom. The number of hydrogen-bond donors (Lipinski definition) is 2. The largest absolute Gasteiger partial charge is 0.367 e. The molecule has 1 aliphatic heterocycles. The van der Waals surface area contributed by atoms with Crippen molar-refractivity contribution in [1.29, 1.82) is 0 Å². The van der Waals surface area contributed by atoms with Crippen LogP contribution in [-0.4, -0.2) is 35.5 Å². The SMILES string of the molecule is FC(F)C(F)(F)COCc1nc(=S)c2c([nH]1)CCNC2. The fourth-order valence-corrected chi connectivity index (χ4v) is 2.14. The van der Waals surface area contributed by atoms with Gasteiger partial charge in [0.15, 0.2) is 0 Å². The lowest BCUT2D eigenvalue weighted by atomic mass is 10.1. The summed E-state index contributed by atoms with van der Waals surface area (Å²) in [4.78, 5) is 6.96. The summed E-state index contributed by atoms with van der Waals surface area (Å²) in [6, 6.07) is 0. The second-order valence-electron chi connectivity index (χ2n) is 4.43. The van der Waals surface area contributed by atoms with E-state index in [4.69, 9.17) is 12.2 Å². The molecule has 9 heteroatoms. The number of hydrogen-bond acceptors (Lipinski definition) is 4. The molecule has 2 N–H and O–H groups in total. The normalized spacial score (nSPS) is 15.4. The first kappa shape index (κ1) is 15.3. The molecule has 1 aromatic heterocycles. The smallest absolute Gasteiger partial charge is 0.330 e. The first-order valence-corrected chi connectivity index (χ1v) is 6.36. The summed E-state index contributed by atoms with van der Waals surface area (Å²) in [6.45, 7) is -0.299. The lowest BCUT2D eigenvalue weighted by molar-refractivity contribution is -0.168. The highest BCUT2D eigenvalue weighted by Crippen LogP contribution is 2.23. The fourth-order valence-electron chi connectivity index (χ4n) is 1.83. The third kappa shape index (κ3) is 3.53. The van der Waals surface area contributed by atoms with Crippen molar-refractivity contribution in [2.24, 2.45) is 0 Å². The van der Waals surface area contributed by atoms with E-state index in [-0.39, 0.29) is 12.4 Å². The molecule has 0 saturated heterocycles. The van der Waals surface area contributed by atoms with Crippen molar-refractivity contribution >= 4 is 12.2 Å². The van der Waals surface area contributed by atoms with Crippen LogP contribution < -0.4 is 5.32 Å². The number of ether oxygens (including phenoxy) is 1. The molecular weight excluding hydrogens is 298 g/mol. The summed E-state index contributed by atoms with van der Waals surface area (Å²) in [7, 11) is 0. The Hall–Kier alpha value is -1.06. The molecule has 20 heavy (non-hydrogen) atoms. The van der Waals surface area contributed by atoms with Crippen molar-refractivity contribution in [3.63, 3.8) is 0 Å². The Kier molecular flexibility index (Phi) is 4.71. The van der Waals surface area contributed by atoms with Crippen molar-refractivity contribution in [3.8, 4) is 0 Å². The van der Waals surface area contributed by atoms with Crippen LogP contribution in [0.3, 0.4) is 0 Å². The van der Waals surface area contributed by atoms with E-state index in [1.54, 1.807) is 0 Å². The summed E-state index contributed by atoms with van der Waals surface area (Å²) in [5.41, 5.74) is 1.75. The molecule has 0 saturated carbocycles. The topological polar surface area (TPSA) is 49.9 Å². The van der Waals surface area contributed by atoms with Crippen LogP contribution in [-0.2, 0) is 24.3 Å². The molecule has 2 rings (SSSR count). The van der Waals surface area contributed by atoms with Crippen molar-refractivity contribution in [2.75, 3.05) is 13.2 Å². The van der Waals surface area contributed by atoms with E-state index in [0.717, 1.165) is 17.8 Å². The van der Waals surface area contributed by atoms with Gasteiger partial charge in [-0.25, -0.2) is 13.8 Å². The highest BCUT2D eigenvalue weighted by atomic mass is 32.1. The standard InChI is InChI=1S/C11H13F4N3OS/c12-10(13)11(14,15)5-19-4-8-17-7-1-2-16-3-6(7)9(20)18-8/h10,16H,1-5H2,(H,17,18,20). The molecule has 0 atom stereocenters. The highest BCUT2D eigenvalue weighted by molar-refractivity contribution is 7.71. The monoisotopic (exact) mass is 311 g/mol. The number of nitrogens with one attached hydrogen (secondary N) is 2. The summed E-state index contributed by atoms with van der Waals surface area (Å²) in [5, 5.41) is 3.14. The zero-order valence-electron chi connectivity index (χ0n) is 10.4. The minimum atomic E-state index is -4.16. The molecule has 0 spiro atoms. The molecule has 0 aliphatic carbocycles. The Labute approximate surface area is 117 Å². The third-order valence-electron chi connectivity index (χ3n) is 2.86. The van der Waals surface area contributed by atoms with Crippen LogP contribution in [0.15, 0.2) is 0 Å². The molecule has 112 valence electrons. The summed E-state index contributed by atoms with van der Waals surface area (Å²) in [6.07, 6.45) is -3.04. The van der Waals surface area contributed by atoms with Crippen LogP contribution in [0.2, 0.25) is 0 Å². The van der Waals surface area contributed by atoms with Gasteiger partial charge in [0, 0.05) is 30.8 Å². The van der Waals surface area contributed by atoms with Gasteiger partial charge in [-0.1, -0.05) is 12.2 Å². The van der Waals surface area contributed by atoms with E-state index in [9.17, 15) is 17.6 Å². The molecule has 0 bridgehead atoms. The van der Waals surface area contributed by atoms with E-state index in [0.29, 0.717) is 17.6 Å². The predicted molar refractivity (Wildman–Crippen MR) is 65.4 cm³/mol. The van der Waals surface area contributed by atoms with Crippen LogP contribution in [0.5, 0.6) is 0 Å². The maximum Gasteiger partial charge on any atom is 0.330 e. The zero-order chi connectivity index (χ0) is 14.8. The van der Waals surface area contributed by atoms with E-state index in [1.807, 2.05) is 0 Å². The minimum Gasteiger partial charge on any atom is -0.367 e. The van der Waals surface area contributed by atoms with E-state index >= 15 is 0 Å². The van der Waals surface area contributed by atoms with Crippen LogP contribution >= 0.6 is 12.2 Å². The van der Waals surface area contributed by atoms with Gasteiger partial charge in [-0.3, -0.25) is 0 Å². The van der Waals surface area contributed by atoms with Gasteiger partial charge in [0.2, 0.25) is 0 Å². The average Bonchev–Trinajstić information content (AvgIpc) is 2.38. The van der Waals surface area contributed by atoms with Gasteiger partial charge in [-0.2, -0.15) is 8.78 Å². The molecule has 0 fully saturated rings. The predicted octanol–water partition coefficient (Wildman–Crippen LogP) is 2.20. The molecule has 2 heterocycles. The quantitative estimate of drug-likeness (QED) is 0.646. The van der Waals surface area contributed by atoms with Crippen LogP contribution in [0, 0.1) is 4.64 Å². The maximum absolute atomic E-state index is 12.7. The summed E-state index contributed by atoms with van der Waals surface area (Å²) < 4.78 is 54.2. The molecular formula is C11H13F4N3OS. The fraction of sp³-hybridized carbons (Fsp3) is 0.636. The Balaban J connectivity index is 2.01. The van der Waals surface area contributed by atoms with E-state index in [2.05, 4.69) is 20.0 Å². The van der Waals surface area contributed by atoms with Crippen molar-refractivity contribution in [3.05, 3.63) is 21.7 Å². The van der Waals surface area contributed by atoms with Crippen molar-refractivity contribution < 1.29 is 22.3 Å². The number of halogens is 4. The van der Waals surface area contributed by atoms with E-state index < -0.39 is 19.0 Å². The second-order valence-corrected chi connectivity index (χ2v) is 4.81. The van der Waals surface area contributed by atoms with Gasteiger partial charge in [0.1, 0.15) is 23.7 Å². The molecule has 0 aromatic carbocycles. The highest BCUT2D eigenvalue weighted by Gasteiger charge is 2.41. The van der Waals surface area contributed by atoms with Crippen LogP contribution in [0.25, 0.3) is 0 Å². The van der Waals surface area contributed by atoms with Gasteiger partial charge in [-0.15, -0.1) is 0 Å². The number of alkyl halides is 4. The van der Waals surface area contributed by atoms with Gasteiger partial charge in [0.25, 0.3) is 0 Å². The first-order chi connectivity index (χ1) is 9.40. The zero-order valence-corrected chi connectivity index (χ0v) is 11.2. The molecule has 0 radical (unpaired) electrons. The Morgan fingerprint density at radius 3 is 2.85 bits per heavy atom. The third-order valence-corrected chi connectivity index (χ3v) is 3.20. The van der Waals surface area contributed by atoms with E-state index in [1.165, 1.54) is 0 Å². The van der Waals surface area contributed by atoms with Crippen molar-refractivity contribution in [1.82, 2.24) is 15.3 Å². The summed E-state index contributed by atoms with van der Waals surface area (Å²) >= 11 is 5.10. The van der Waals surface area contributed by atoms with Gasteiger partial charge in [-0.05, 0) is 0 Å². The average molecular weight is 311 g/mol. The molecule has 1 aliphatic rings. The number of rotatable bonds is 5. The van der Waals surface area contributed by atoms with Crippen molar-refractivity contribution in [2.45, 2.75) is 31.9 Å². The summed E-state index contributed by atoms with van der Waals surface area (Å²) in [5.74, 6) is -3.89. The van der Waals surface area contributed by atoms with Gasteiger partial charge in [0.05, 0.1) is 0 Å². The Bertz CT molecular complexity index is 535. The number of aromatic nitrogens is 2. The van der Waals surface area contributed by atoms with Crippen LogP contribution in [0.4, 0.5) is 17.6 Å². The van der Waals surface area contributed by atoms with Gasteiger partial charge >= 0.3 is 12.3 Å². The van der Waals surface area contributed by atoms with Gasteiger partial charge < -0.3 is 15.0 Å². The Morgan fingerprint density at radius 2 is 2.15 bits per heavy atom. The molecule has 1 aromatic rings. The molecule has 4 nitrogen and oxygen atoms in total. The minimum absolute atomic E-state index is 0.265. The van der Waals surface area contributed by atoms with Crippen LogP contribution in [0.1, 0.15) is 17.1 Å². The lowest BCUT2D eigenvalue weighted by Crippen LogP contribution is -2.32.